The molecule has 166 valence electrons. The lowest BCUT2D eigenvalue weighted by molar-refractivity contribution is -0.206. The Labute approximate surface area is 186 Å². The molecule has 1 N–H and O–H groups in total. The first-order valence-corrected chi connectivity index (χ1v) is 11.8. The number of ether oxygens (including phenoxy) is 2. The van der Waals surface area contributed by atoms with Crippen molar-refractivity contribution in [1.29, 1.82) is 0 Å². The van der Waals surface area contributed by atoms with E-state index in [-0.39, 0.29) is 17.8 Å². The van der Waals surface area contributed by atoms with E-state index in [2.05, 4.69) is 39.8 Å². The van der Waals surface area contributed by atoms with Gasteiger partial charge in [-0.25, -0.2) is 0 Å². The topological polar surface area (TPSA) is 38.7 Å². The van der Waals surface area contributed by atoms with Gasteiger partial charge in [-0.15, -0.1) is 0 Å². The molecule has 7 atom stereocenters. The predicted octanol–water partition coefficient (Wildman–Crippen LogP) is 6.28. The maximum absolute atomic E-state index is 11.5. The van der Waals surface area contributed by atoms with Crippen LogP contribution in [0.4, 0.5) is 0 Å². The molecule has 2 saturated carbocycles. The van der Waals surface area contributed by atoms with Gasteiger partial charge in [-0.1, -0.05) is 69.3 Å². The lowest BCUT2D eigenvalue weighted by Gasteiger charge is -2.39. The smallest absolute Gasteiger partial charge is 0.159 e. The third-order valence-electron chi connectivity index (χ3n) is 9.26. The number of aliphatic hydroxyl groups is 1. The van der Waals surface area contributed by atoms with Crippen LogP contribution in [-0.2, 0) is 9.47 Å². The summed E-state index contributed by atoms with van der Waals surface area (Å²) in [6, 6.07) is 16.3. The van der Waals surface area contributed by atoms with Gasteiger partial charge in [-0.3, -0.25) is 0 Å². The zero-order chi connectivity index (χ0) is 22.0. The predicted molar refractivity (Wildman–Crippen MR) is 123 cm³/mol. The second-order valence-electron chi connectivity index (χ2n) is 10.9. The molecule has 3 heteroatoms. The summed E-state index contributed by atoms with van der Waals surface area (Å²) in [5.74, 6) is 1.26. The van der Waals surface area contributed by atoms with Crippen LogP contribution in [0.15, 0.2) is 48.5 Å². The molecule has 31 heavy (non-hydrogen) atoms. The second kappa shape index (κ2) is 7.43. The van der Waals surface area contributed by atoms with Crippen molar-refractivity contribution in [2.75, 3.05) is 0 Å². The summed E-state index contributed by atoms with van der Waals surface area (Å²) in [6.07, 6.45) is 2.27. The van der Waals surface area contributed by atoms with Crippen LogP contribution >= 0.6 is 0 Å². The number of benzene rings is 2. The number of aliphatic hydroxyl groups excluding tert-OH is 1. The molecule has 1 saturated heterocycles. The van der Waals surface area contributed by atoms with Crippen molar-refractivity contribution in [3.05, 3.63) is 70.8 Å². The van der Waals surface area contributed by atoms with E-state index in [1.165, 1.54) is 12.8 Å². The molecule has 0 spiro atoms. The van der Waals surface area contributed by atoms with Crippen LogP contribution in [-0.4, -0.2) is 17.5 Å². The monoisotopic (exact) mass is 420 g/mol. The Morgan fingerprint density at radius 3 is 2.19 bits per heavy atom. The molecule has 3 aliphatic rings. The van der Waals surface area contributed by atoms with Crippen LogP contribution in [0.1, 0.15) is 74.5 Å². The van der Waals surface area contributed by atoms with E-state index in [0.29, 0.717) is 17.3 Å². The molecule has 2 aromatic rings. The van der Waals surface area contributed by atoms with Crippen LogP contribution < -0.4 is 0 Å². The molecule has 0 radical (unpaired) electrons. The summed E-state index contributed by atoms with van der Waals surface area (Å²) < 4.78 is 13.3. The number of hydrogen-bond acceptors (Lipinski definition) is 3. The largest absolute Gasteiger partial charge is 0.385 e. The summed E-state index contributed by atoms with van der Waals surface area (Å²) in [6.45, 7) is 11.4. The van der Waals surface area contributed by atoms with Gasteiger partial charge in [0.15, 0.2) is 6.29 Å². The maximum atomic E-state index is 11.5. The minimum Gasteiger partial charge on any atom is -0.385 e. The number of fused-ring (bicyclic) bond motifs is 5. The standard InChI is InChI=1S/C28H36O3/c1-17-10-6-8-12-19(17)24(29)25(20-13-9-7-11-18(20)2)30-23-16-21-22-14-15-28(5,26(21)31-23)27(22,3)4/h6-13,21-26,29H,14-16H2,1-5H3/t21-,22-,23-,24+,25-,26-,28+/m1/s1. The Morgan fingerprint density at radius 1 is 0.968 bits per heavy atom. The van der Waals surface area contributed by atoms with E-state index < -0.39 is 12.2 Å². The highest BCUT2D eigenvalue weighted by atomic mass is 16.7. The van der Waals surface area contributed by atoms with E-state index in [4.69, 9.17) is 9.47 Å². The minimum absolute atomic E-state index is 0.216. The van der Waals surface area contributed by atoms with Crippen molar-refractivity contribution < 1.29 is 14.6 Å². The van der Waals surface area contributed by atoms with Crippen molar-refractivity contribution in [3.63, 3.8) is 0 Å². The van der Waals surface area contributed by atoms with Gasteiger partial charge in [0.1, 0.15) is 12.2 Å². The van der Waals surface area contributed by atoms with E-state index in [9.17, 15) is 5.11 Å². The van der Waals surface area contributed by atoms with Gasteiger partial charge in [0.25, 0.3) is 0 Å². The molecule has 1 aliphatic heterocycles. The van der Waals surface area contributed by atoms with Gasteiger partial charge >= 0.3 is 0 Å². The van der Waals surface area contributed by atoms with Gasteiger partial charge in [-0.2, -0.15) is 0 Å². The van der Waals surface area contributed by atoms with Gasteiger partial charge in [-0.05, 0) is 71.6 Å². The summed E-state index contributed by atoms with van der Waals surface area (Å²) in [4.78, 5) is 0. The average Bonchev–Trinajstić information content (AvgIpc) is 3.31. The van der Waals surface area contributed by atoms with Crippen LogP contribution in [0.2, 0.25) is 0 Å². The lowest BCUT2D eigenvalue weighted by atomic mass is 9.70. The van der Waals surface area contributed by atoms with Gasteiger partial charge in [0, 0.05) is 6.42 Å². The van der Waals surface area contributed by atoms with Crippen molar-refractivity contribution >= 4 is 0 Å². The zero-order valence-electron chi connectivity index (χ0n) is 19.5. The molecule has 2 aromatic carbocycles. The lowest BCUT2D eigenvalue weighted by Crippen LogP contribution is -2.38. The zero-order valence-corrected chi connectivity index (χ0v) is 19.5. The molecule has 3 fully saturated rings. The van der Waals surface area contributed by atoms with Crippen molar-refractivity contribution in [3.8, 4) is 0 Å². The van der Waals surface area contributed by atoms with E-state index in [1.807, 2.05) is 43.3 Å². The molecule has 0 amide bonds. The first kappa shape index (κ1) is 21.2. The first-order chi connectivity index (χ1) is 14.7. The highest BCUT2D eigenvalue weighted by Crippen LogP contribution is 2.71. The van der Waals surface area contributed by atoms with Crippen LogP contribution in [0.25, 0.3) is 0 Å². The van der Waals surface area contributed by atoms with Crippen LogP contribution in [0.3, 0.4) is 0 Å². The van der Waals surface area contributed by atoms with Crippen molar-refractivity contribution in [2.24, 2.45) is 22.7 Å². The average molecular weight is 421 g/mol. The van der Waals surface area contributed by atoms with Gasteiger partial charge < -0.3 is 14.6 Å². The third kappa shape index (κ3) is 3.12. The first-order valence-electron chi connectivity index (χ1n) is 11.8. The Balaban J connectivity index is 1.43. The second-order valence-corrected chi connectivity index (χ2v) is 10.9. The number of hydrogen-bond donors (Lipinski definition) is 1. The van der Waals surface area contributed by atoms with E-state index >= 15 is 0 Å². The SMILES string of the molecule is Cc1ccccc1[C@@H](O[C@H]1C[C@@H]2[C@H]3CC[C@@](C)([C@@H]2O1)C3(C)C)[C@@H](O)c1ccccc1C. The van der Waals surface area contributed by atoms with Crippen LogP contribution in [0.5, 0.6) is 0 Å². The Bertz CT molecular complexity index is 966. The van der Waals surface area contributed by atoms with Gasteiger partial charge in [0.2, 0.25) is 0 Å². The molecule has 2 aliphatic carbocycles. The minimum atomic E-state index is -0.741. The summed E-state index contributed by atoms with van der Waals surface area (Å²) in [5.41, 5.74) is 4.70. The van der Waals surface area contributed by atoms with E-state index in [1.54, 1.807) is 0 Å². The van der Waals surface area contributed by atoms with Crippen molar-refractivity contribution in [1.82, 2.24) is 0 Å². The fourth-order valence-corrected chi connectivity index (χ4v) is 7.04. The molecular weight excluding hydrogens is 384 g/mol. The Kier molecular flexibility index (Phi) is 5.08. The molecule has 0 unspecified atom stereocenters. The fourth-order valence-electron chi connectivity index (χ4n) is 7.04. The molecule has 2 bridgehead atoms. The Morgan fingerprint density at radius 2 is 1.58 bits per heavy atom. The summed E-state index contributed by atoms with van der Waals surface area (Å²) in [5, 5.41) is 11.5. The van der Waals surface area contributed by atoms with Gasteiger partial charge in [0.05, 0.1) is 6.10 Å². The normalized spacial score (nSPS) is 35.2. The molecule has 0 aromatic heterocycles. The highest BCUT2D eigenvalue weighted by Gasteiger charge is 2.69. The fraction of sp³-hybridized carbons (Fsp3) is 0.571. The van der Waals surface area contributed by atoms with E-state index in [0.717, 1.165) is 28.7 Å². The molecular formula is C28H36O3. The molecule has 1 heterocycles. The maximum Gasteiger partial charge on any atom is 0.159 e. The van der Waals surface area contributed by atoms with Crippen molar-refractivity contribution in [2.45, 2.75) is 78.5 Å². The third-order valence-corrected chi connectivity index (χ3v) is 9.26. The molecule has 3 nitrogen and oxygen atoms in total. The quantitative estimate of drug-likeness (QED) is 0.618. The summed E-state index contributed by atoms with van der Waals surface area (Å²) in [7, 11) is 0. The highest BCUT2D eigenvalue weighted by molar-refractivity contribution is 5.34. The molecule has 5 rings (SSSR count). The Hall–Kier alpha value is -1.68. The number of rotatable bonds is 5. The van der Waals surface area contributed by atoms with Crippen LogP contribution in [0, 0.1) is 36.5 Å². The number of aryl methyl sites for hydroxylation is 2. The summed E-state index contributed by atoms with van der Waals surface area (Å²) >= 11 is 0.